The van der Waals surface area contributed by atoms with E-state index in [1.54, 1.807) is 39.8 Å². The molecule has 0 spiro atoms. The zero-order valence-electron chi connectivity index (χ0n) is 16.7. The van der Waals surface area contributed by atoms with Gasteiger partial charge in [0.2, 0.25) is 5.41 Å². The predicted octanol–water partition coefficient (Wildman–Crippen LogP) is 4.90. The molecule has 1 atom stereocenters. The smallest absolute Gasteiger partial charge is 0.330 e. The second-order valence-electron chi connectivity index (χ2n) is 7.53. The monoisotopic (exact) mass is 463 g/mol. The average molecular weight is 464 g/mol. The van der Waals surface area contributed by atoms with E-state index in [9.17, 15) is 14.0 Å². The second kappa shape index (κ2) is 8.14. The molecule has 1 heterocycles. The van der Waals surface area contributed by atoms with E-state index in [4.69, 9.17) is 9.47 Å². The van der Waals surface area contributed by atoms with Gasteiger partial charge in [0.25, 0.3) is 0 Å². The Labute approximate surface area is 177 Å². The Balaban J connectivity index is 2.26. The molecule has 2 aromatic rings. The number of nitrogens with one attached hydrogen (secondary N) is 1. The van der Waals surface area contributed by atoms with Gasteiger partial charge in [0.1, 0.15) is 5.82 Å². The molecule has 0 amide bonds. The zero-order valence-corrected chi connectivity index (χ0v) is 18.2. The van der Waals surface area contributed by atoms with Crippen LogP contribution in [0.15, 0.2) is 46.9 Å². The molecule has 5 nitrogen and oxygen atoms in total. The summed E-state index contributed by atoms with van der Waals surface area (Å²) in [6.07, 6.45) is -0.886. The Morgan fingerprint density at radius 2 is 1.55 bits per heavy atom. The lowest BCUT2D eigenvalue weighted by Crippen LogP contribution is -2.50. The van der Waals surface area contributed by atoms with Gasteiger partial charge in [-0.3, -0.25) is 9.59 Å². The summed E-state index contributed by atoms with van der Waals surface area (Å²) in [6.45, 7) is 6.84. The van der Waals surface area contributed by atoms with Crippen LogP contribution in [0.4, 0.5) is 10.1 Å². The second-order valence-corrected chi connectivity index (χ2v) is 8.45. The van der Waals surface area contributed by atoms with Gasteiger partial charge in [-0.2, -0.15) is 0 Å². The topological polar surface area (TPSA) is 64.6 Å². The Morgan fingerprint density at radius 3 is 2.07 bits per heavy atom. The van der Waals surface area contributed by atoms with Crippen LogP contribution >= 0.6 is 15.9 Å². The van der Waals surface area contributed by atoms with Gasteiger partial charge in [-0.1, -0.05) is 34.1 Å². The van der Waals surface area contributed by atoms with Crippen LogP contribution in [0.25, 0.3) is 0 Å². The third-order valence-corrected chi connectivity index (χ3v) is 5.20. The Morgan fingerprint density at radius 1 is 1.00 bits per heavy atom. The van der Waals surface area contributed by atoms with Crippen molar-refractivity contribution in [2.45, 2.75) is 51.4 Å². The predicted molar refractivity (Wildman–Crippen MR) is 111 cm³/mol. The van der Waals surface area contributed by atoms with Crippen molar-refractivity contribution in [3.8, 4) is 0 Å². The van der Waals surface area contributed by atoms with E-state index in [1.807, 2.05) is 12.1 Å². The molecule has 1 N–H and O–H groups in total. The molecule has 0 radical (unpaired) electrons. The number of halogens is 2. The number of ether oxygens (including phenoxy) is 2. The largest absolute Gasteiger partial charge is 0.462 e. The number of carbonyl (C=O) groups excluding carboxylic acids is 2. The molecule has 0 aliphatic carbocycles. The van der Waals surface area contributed by atoms with Crippen LogP contribution in [0.1, 0.15) is 44.9 Å². The van der Waals surface area contributed by atoms with Gasteiger partial charge in [0, 0.05) is 15.7 Å². The minimum Gasteiger partial charge on any atom is -0.462 e. The van der Waals surface area contributed by atoms with Crippen LogP contribution in [0.3, 0.4) is 0 Å². The molecule has 0 bridgehead atoms. The number of hydrogen-bond donors (Lipinski definition) is 1. The summed E-state index contributed by atoms with van der Waals surface area (Å²) in [7, 11) is 0. The number of hydrogen-bond acceptors (Lipinski definition) is 5. The van der Waals surface area contributed by atoms with E-state index in [0.29, 0.717) is 16.8 Å². The third kappa shape index (κ3) is 3.88. The molecule has 1 aliphatic heterocycles. The first-order valence-corrected chi connectivity index (χ1v) is 10.2. The van der Waals surface area contributed by atoms with Crippen molar-refractivity contribution in [3.63, 3.8) is 0 Å². The highest BCUT2D eigenvalue weighted by molar-refractivity contribution is 9.10. The fourth-order valence-corrected chi connectivity index (χ4v) is 3.80. The van der Waals surface area contributed by atoms with Gasteiger partial charge in [-0.25, -0.2) is 4.39 Å². The summed E-state index contributed by atoms with van der Waals surface area (Å²) in [6, 6.07) is 10.3. The Hall–Kier alpha value is -2.41. The molecule has 154 valence electrons. The molecule has 0 aromatic heterocycles. The van der Waals surface area contributed by atoms with E-state index in [-0.39, 0.29) is 0 Å². The van der Waals surface area contributed by atoms with Crippen molar-refractivity contribution in [1.29, 1.82) is 0 Å². The van der Waals surface area contributed by atoms with Crippen molar-refractivity contribution in [2.24, 2.45) is 0 Å². The number of carbonyl (C=O) groups is 2. The molecule has 1 aliphatic rings. The van der Waals surface area contributed by atoms with Gasteiger partial charge in [0.15, 0.2) is 0 Å². The number of anilines is 1. The third-order valence-electron chi connectivity index (χ3n) is 4.67. The van der Waals surface area contributed by atoms with Gasteiger partial charge in [0.05, 0.1) is 18.2 Å². The van der Waals surface area contributed by atoms with Crippen molar-refractivity contribution >= 4 is 33.6 Å². The van der Waals surface area contributed by atoms with Crippen LogP contribution in [0, 0.1) is 5.82 Å². The summed E-state index contributed by atoms with van der Waals surface area (Å²) in [5.41, 5.74) is -0.431. The van der Waals surface area contributed by atoms with Gasteiger partial charge in [-0.05, 0) is 57.5 Å². The minimum absolute atomic E-state index is 0.336. The van der Waals surface area contributed by atoms with E-state index in [1.165, 1.54) is 18.2 Å². The van der Waals surface area contributed by atoms with E-state index in [0.717, 1.165) is 4.47 Å². The van der Waals surface area contributed by atoms with Crippen molar-refractivity contribution < 1.29 is 23.5 Å². The number of benzene rings is 2. The highest BCUT2D eigenvalue weighted by atomic mass is 79.9. The first-order valence-electron chi connectivity index (χ1n) is 9.40. The van der Waals surface area contributed by atoms with Crippen LogP contribution in [0.5, 0.6) is 0 Å². The van der Waals surface area contributed by atoms with Crippen LogP contribution in [-0.2, 0) is 24.5 Å². The molecular formula is C22H23BrFNO4. The van der Waals surface area contributed by atoms with E-state index < -0.39 is 41.4 Å². The molecule has 0 unspecified atom stereocenters. The van der Waals surface area contributed by atoms with E-state index in [2.05, 4.69) is 21.2 Å². The lowest BCUT2D eigenvalue weighted by Gasteiger charge is -2.33. The maximum Gasteiger partial charge on any atom is 0.330 e. The fourth-order valence-electron chi connectivity index (χ4n) is 3.54. The Kier molecular flexibility index (Phi) is 5.98. The summed E-state index contributed by atoms with van der Waals surface area (Å²) in [5.74, 6) is -1.94. The van der Waals surface area contributed by atoms with Gasteiger partial charge >= 0.3 is 11.9 Å². The number of esters is 2. The minimum atomic E-state index is -1.80. The highest BCUT2D eigenvalue weighted by Crippen LogP contribution is 2.51. The summed E-state index contributed by atoms with van der Waals surface area (Å²) < 4.78 is 25.8. The van der Waals surface area contributed by atoms with Gasteiger partial charge in [-0.15, -0.1) is 0 Å². The SMILES string of the molecule is CC(C)OC(=O)C1(C(=O)OC(C)C)c2ccc(F)cc2N[C@@H]1c1ccc(Br)cc1. The Bertz CT molecular complexity index is 905. The van der Waals surface area contributed by atoms with Crippen LogP contribution < -0.4 is 5.32 Å². The van der Waals surface area contributed by atoms with Gasteiger partial charge < -0.3 is 14.8 Å². The highest BCUT2D eigenvalue weighted by Gasteiger charge is 2.62. The van der Waals surface area contributed by atoms with Crippen molar-refractivity contribution in [2.75, 3.05) is 5.32 Å². The maximum atomic E-state index is 13.9. The quantitative estimate of drug-likeness (QED) is 0.504. The fraction of sp³-hybridized carbons (Fsp3) is 0.364. The first-order chi connectivity index (χ1) is 13.7. The molecule has 0 saturated carbocycles. The van der Waals surface area contributed by atoms with Crippen LogP contribution in [-0.4, -0.2) is 24.1 Å². The molecule has 3 rings (SSSR count). The first kappa shape index (κ1) is 21.3. The zero-order chi connectivity index (χ0) is 21.3. The molecule has 0 fully saturated rings. The molecular weight excluding hydrogens is 441 g/mol. The summed E-state index contributed by atoms with van der Waals surface area (Å²) in [4.78, 5) is 26.9. The van der Waals surface area contributed by atoms with Crippen molar-refractivity contribution in [3.05, 3.63) is 63.9 Å². The molecule has 2 aromatic carbocycles. The standard InChI is InChI=1S/C22H23BrFNO4/c1-12(2)28-20(26)22(21(27)29-13(3)4)17-10-9-16(24)11-18(17)25-19(22)14-5-7-15(23)8-6-14/h5-13,19,25H,1-4H3/t19-/m1/s1. The number of fused-ring (bicyclic) bond motifs is 1. The van der Waals surface area contributed by atoms with E-state index >= 15 is 0 Å². The van der Waals surface area contributed by atoms with Crippen LogP contribution in [0.2, 0.25) is 0 Å². The van der Waals surface area contributed by atoms with Crippen molar-refractivity contribution in [1.82, 2.24) is 0 Å². The number of rotatable bonds is 5. The normalized spacial score (nSPS) is 17.0. The summed E-state index contributed by atoms with van der Waals surface area (Å²) >= 11 is 3.39. The lowest BCUT2D eigenvalue weighted by atomic mass is 9.74. The maximum absolute atomic E-state index is 13.9. The summed E-state index contributed by atoms with van der Waals surface area (Å²) in [5, 5.41) is 3.15. The average Bonchev–Trinajstić information content (AvgIpc) is 2.96. The molecule has 29 heavy (non-hydrogen) atoms. The molecule has 0 saturated heterocycles. The molecule has 7 heteroatoms. The lowest BCUT2D eigenvalue weighted by molar-refractivity contribution is -0.170.